The summed E-state index contributed by atoms with van der Waals surface area (Å²) in [6.07, 6.45) is 0.801. The van der Waals surface area contributed by atoms with Gasteiger partial charge in [-0.3, -0.25) is 4.79 Å². The van der Waals surface area contributed by atoms with Crippen molar-refractivity contribution in [2.75, 3.05) is 119 Å². The van der Waals surface area contributed by atoms with Gasteiger partial charge in [0.25, 0.3) is 8.32 Å². The molecule has 0 amide bonds. The molecule has 0 unspecified atom stereocenters. The largest absolute Gasteiger partial charge is 0.491 e. The number of carbonyl (C=O) groups is 1. The van der Waals surface area contributed by atoms with E-state index in [1.54, 1.807) is 24.3 Å². The van der Waals surface area contributed by atoms with E-state index < -0.39 is 8.32 Å². The topological polar surface area (TPSA) is 109 Å². The molecule has 53 heavy (non-hydrogen) atoms. The molecule has 0 aliphatic heterocycles. The smallest absolute Gasteiger partial charge is 0.261 e. The summed E-state index contributed by atoms with van der Waals surface area (Å²) in [6.45, 7) is 15.7. The van der Waals surface area contributed by atoms with Crippen LogP contribution in [-0.4, -0.2) is 134 Å². The highest BCUT2D eigenvalue weighted by Crippen LogP contribution is 2.36. The lowest BCUT2D eigenvalue weighted by Crippen LogP contribution is -2.66. The summed E-state index contributed by atoms with van der Waals surface area (Å²) in [7, 11) is -2.54. The Bertz CT molecular complexity index is 1270. The lowest BCUT2D eigenvalue weighted by molar-refractivity contribution is -0.0241. The molecular weight excluding hydrogens is 697 g/mol. The van der Waals surface area contributed by atoms with Crippen LogP contribution in [0.25, 0.3) is 0 Å². The predicted molar refractivity (Wildman–Crippen MR) is 207 cm³/mol. The first-order valence-electron chi connectivity index (χ1n) is 18.5. The number of hydrogen-bond acceptors (Lipinski definition) is 11. The average molecular weight is 757 g/mol. The Kier molecular flexibility index (Phi) is 23.1. The fraction of sp³-hybridized carbons (Fsp3) is 0.537. The quantitative estimate of drug-likeness (QED) is 0.0508. The monoisotopic (exact) mass is 756 g/mol. The molecule has 0 radical (unpaired) electrons. The normalized spacial score (nSPS) is 11.9. The van der Waals surface area contributed by atoms with Crippen LogP contribution in [0.5, 0.6) is 5.75 Å². The van der Waals surface area contributed by atoms with E-state index in [1.165, 1.54) is 10.4 Å². The first kappa shape index (κ1) is 44.4. The molecule has 0 saturated heterocycles. The molecule has 0 N–H and O–H groups in total. The second-order valence-corrected chi connectivity index (χ2v) is 17.3. The zero-order chi connectivity index (χ0) is 37.7. The fourth-order valence-corrected chi connectivity index (χ4v) is 10.1. The minimum atomic E-state index is -2.54. The summed E-state index contributed by atoms with van der Waals surface area (Å²) in [6, 6.07) is 28.2. The first-order chi connectivity index (χ1) is 26.0. The van der Waals surface area contributed by atoms with Gasteiger partial charge < -0.3 is 47.1 Å². The number of ether oxygens (including phenoxy) is 9. The van der Waals surface area contributed by atoms with Gasteiger partial charge in [-0.2, -0.15) is 0 Å². The van der Waals surface area contributed by atoms with Crippen molar-refractivity contribution in [3.8, 4) is 5.75 Å². The van der Waals surface area contributed by atoms with Crippen LogP contribution in [0.15, 0.2) is 84.9 Å². The molecule has 0 atom stereocenters. The second kappa shape index (κ2) is 27.6. The molecular formula is C41H60O11Si. The van der Waals surface area contributed by atoms with Gasteiger partial charge in [0.1, 0.15) is 18.6 Å². The van der Waals surface area contributed by atoms with E-state index in [4.69, 9.17) is 47.1 Å². The van der Waals surface area contributed by atoms with Gasteiger partial charge >= 0.3 is 0 Å². The van der Waals surface area contributed by atoms with E-state index in [0.29, 0.717) is 130 Å². The molecule has 0 fully saturated rings. The standard InChI is InChI=1S/C41H60O11Si/c1-41(2,3)53(39-10-6-4-7-11-39,40-12-8-5-9-13-40)52-35-33-50-31-29-48-27-25-46-23-21-44-19-18-43-20-22-45-24-26-47-28-30-49-32-34-51-38-16-14-37(36-42)15-17-38/h4-17,36H,18-35H2,1-3H3. The van der Waals surface area contributed by atoms with Crippen molar-refractivity contribution < 1.29 is 51.9 Å². The highest BCUT2D eigenvalue weighted by atomic mass is 28.4. The van der Waals surface area contributed by atoms with Crippen molar-refractivity contribution in [1.82, 2.24) is 0 Å². The van der Waals surface area contributed by atoms with Crippen LogP contribution in [0.4, 0.5) is 0 Å². The molecule has 0 spiro atoms. The SMILES string of the molecule is CC(C)(C)[Si](OCCOCCOCCOCCOCCOCCOCCOCCOCCOc1ccc(C=O)cc1)(c1ccccc1)c1ccccc1. The number of rotatable bonds is 32. The predicted octanol–water partition coefficient (Wildman–Crippen LogP) is 4.59. The van der Waals surface area contributed by atoms with Crippen LogP contribution in [0.3, 0.4) is 0 Å². The van der Waals surface area contributed by atoms with Crippen LogP contribution >= 0.6 is 0 Å². The molecule has 12 heteroatoms. The molecule has 3 aromatic carbocycles. The highest BCUT2D eigenvalue weighted by molar-refractivity contribution is 6.99. The maximum absolute atomic E-state index is 10.7. The zero-order valence-electron chi connectivity index (χ0n) is 31.9. The number of aldehydes is 1. The minimum absolute atomic E-state index is 0.0590. The Hall–Kier alpha value is -3.01. The van der Waals surface area contributed by atoms with Gasteiger partial charge in [0.2, 0.25) is 0 Å². The third-order valence-electron chi connectivity index (χ3n) is 8.08. The summed E-state index contributed by atoms with van der Waals surface area (Å²) in [5, 5.41) is 2.47. The van der Waals surface area contributed by atoms with Gasteiger partial charge in [-0.15, -0.1) is 0 Å². The van der Waals surface area contributed by atoms with Crippen LogP contribution in [0.1, 0.15) is 31.1 Å². The third-order valence-corrected chi connectivity index (χ3v) is 13.1. The number of carbonyl (C=O) groups excluding carboxylic acids is 1. The maximum Gasteiger partial charge on any atom is 0.261 e. The Morgan fingerprint density at radius 3 is 1.08 bits per heavy atom. The molecule has 0 bridgehead atoms. The van der Waals surface area contributed by atoms with E-state index in [1.807, 2.05) is 0 Å². The molecule has 3 rings (SSSR count). The number of benzene rings is 3. The third kappa shape index (κ3) is 17.8. The van der Waals surface area contributed by atoms with Crippen molar-refractivity contribution in [3.63, 3.8) is 0 Å². The van der Waals surface area contributed by atoms with E-state index >= 15 is 0 Å². The van der Waals surface area contributed by atoms with Crippen molar-refractivity contribution in [3.05, 3.63) is 90.5 Å². The molecule has 0 aliphatic rings. The van der Waals surface area contributed by atoms with Gasteiger partial charge in [-0.05, 0) is 39.7 Å². The molecule has 11 nitrogen and oxygen atoms in total. The van der Waals surface area contributed by atoms with Crippen LogP contribution < -0.4 is 15.1 Å². The van der Waals surface area contributed by atoms with E-state index in [9.17, 15) is 4.79 Å². The summed E-state index contributed by atoms with van der Waals surface area (Å²) < 4.78 is 57.0. The average Bonchev–Trinajstić information content (AvgIpc) is 3.18. The Balaban J connectivity index is 1.04. The van der Waals surface area contributed by atoms with Gasteiger partial charge in [0.15, 0.2) is 0 Å². The minimum Gasteiger partial charge on any atom is -0.491 e. The lowest BCUT2D eigenvalue weighted by Gasteiger charge is -2.43. The molecule has 0 saturated carbocycles. The van der Waals surface area contributed by atoms with Crippen LogP contribution in [0, 0.1) is 0 Å². The Morgan fingerprint density at radius 2 is 0.755 bits per heavy atom. The van der Waals surface area contributed by atoms with Crippen LogP contribution in [-0.2, 0) is 42.3 Å². The van der Waals surface area contributed by atoms with Crippen molar-refractivity contribution >= 4 is 25.0 Å². The van der Waals surface area contributed by atoms with E-state index in [-0.39, 0.29) is 5.04 Å². The first-order valence-corrected chi connectivity index (χ1v) is 20.4. The molecule has 3 aromatic rings. The molecule has 0 aromatic heterocycles. The fourth-order valence-electron chi connectivity index (χ4n) is 5.52. The van der Waals surface area contributed by atoms with Crippen molar-refractivity contribution in [2.24, 2.45) is 0 Å². The van der Waals surface area contributed by atoms with Gasteiger partial charge in [0.05, 0.1) is 112 Å². The van der Waals surface area contributed by atoms with E-state index in [0.717, 1.165) is 6.29 Å². The Labute approximate surface area is 317 Å². The summed E-state index contributed by atoms with van der Waals surface area (Å²) in [5.41, 5.74) is 0.619. The number of hydrogen-bond donors (Lipinski definition) is 0. The zero-order valence-corrected chi connectivity index (χ0v) is 32.9. The summed E-state index contributed by atoms with van der Waals surface area (Å²) >= 11 is 0. The lowest BCUT2D eigenvalue weighted by atomic mass is 10.2. The maximum atomic E-state index is 10.7. The summed E-state index contributed by atoms with van der Waals surface area (Å²) in [4.78, 5) is 10.7. The molecule has 0 aliphatic carbocycles. The van der Waals surface area contributed by atoms with Crippen LogP contribution in [0.2, 0.25) is 5.04 Å². The van der Waals surface area contributed by atoms with Gasteiger partial charge in [-0.25, -0.2) is 0 Å². The Morgan fingerprint density at radius 1 is 0.434 bits per heavy atom. The van der Waals surface area contributed by atoms with Crippen molar-refractivity contribution in [2.45, 2.75) is 25.8 Å². The van der Waals surface area contributed by atoms with Crippen molar-refractivity contribution in [1.29, 1.82) is 0 Å². The second-order valence-electron chi connectivity index (χ2n) is 12.9. The molecule has 0 heterocycles. The van der Waals surface area contributed by atoms with Gasteiger partial charge in [-0.1, -0.05) is 81.4 Å². The molecule has 294 valence electrons. The summed E-state index contributed by atoms with van der Waals surface area (Å²) in [5.74, 6) is 0.705. The van der Waals surface area contributed by atoms with E-state index in [2.05, 4.69) is 81.4 Å². The highest BCUT2D eigenvalue weighted by Gasteiger charge is 2.50. The van der Waals surface area contributed by atoms with Gasteiger partial charge in [0, 0.05) is 5.56 Å².